The van der Waals surface area contributed by atoms with Crippen LogP contribution in [0.5, 0.6) is 5.75 Å². The van der Waals surface area contributed by atoms with E-state index in [0.29, 0.717) is 30.8 Å². The maximum atomic E-state index is 12.3. The maximum Gasteiger partial charge on any atom is 0.410 e. The van der Waals surface area contributed by atoms with Crippen LogP contribution >= 0.6 is 0 Å². The van der Waals surface area contributed by atoms with Gasteiger partial charge in [-0.1, -0.05) is 18.2 Å². The van der Waals surface area contributed by atoms with Crippen LogP contribution in [0.2, 0.25) is 0 Å². The smallest absolute Gasteiger partial charge is 0.410 e. The summed E-state index contributed by atoms with van der Waals surface area (Å²) in [5, 5.41) is 19.6. The molecule has 1 aliphatic rings. The molecule has 1 aromatic heterocycles. The van der Waals surface area contributed by atoms with Crippen LogP contribution in [-0.4, -0.2) is 51.8 Å². The largest absolute Gasteiger partial charge is 0.489 e. The molecule has 0 aliphatic carbocycles. The number of nitrogens with one attached hydrogen (secondary N) is 1. The number of nitriles is 1. The first-order valence-corrected chi connectivity index (χ1v) is 11.6. The highest BCUT2D eigenvalue weighted by atomic mass is 16.6. The number of hydrogen-bond acceptors (Lipinski definition) is 5. The van der Waals surface area contributed by atoms with Crippen molar-refractivity contribution in [2.75, 3.05) is 13.1 Å². The van der Waals surface area contributed by atoms with E-state index in [2.05, 4.69) is 11.1 Å². The van der Waals surface area contributed by atoms with Gasteiger partial charge in [0.25, 0.3) is 0 Å². The van der Waals surface area contributed by atoms with Crippen LogP contribution in [-0.2, 0) is 9.53 Å². The molecule has 182 valence electrons. The maximum absolute atomic E-state index is 12.3. The van der Waals surface area contributed by atoms with Crippen LogP contribution in [0.1, 0.15) is 56.4 Å². The highest BCUT2D eigenvalue weighted by Gasteiger charge is 2.31. The minimum Gasteiger partial charge on any atom is -0.489 e. The van der Waals surface area contributed by atoms with Gasteiger partial charge >= 0.3 is 12.1 Å². The summed E-state index contributed by atoms with van der Waals surface area (Å²) in [5.41, 5.74) is 2.41. The number of nitrogens with zero attached hydrogens (tertiary/aromatic N) is 2. The van der Waals surface area contributed by atoms with Crippen molar-refractivity contribution >= 4 is 23.0 Å². The lowest BCUT2D eigenvalue weighted by molar-refractivity contribution is -0.137. The zero-order valence-corrected chi connectivity index (χ0v) is 20.1. The summed E-state index contributed by atoms with van der Waals surface area (Å²) >= 11 is 0. The first-order chi connectivity index (χ1) is 16.6. The number of fused-ring (bicyclic) bond motifs is 1. The second-order valence-corrected chi connectivity index (χ2v) is 9.81. The molecule has 1 saturated heterocycles. The van der Waals surface area contributed by atoms with Crippen molar-refractivity contribution in [3.05, 3.63) is 65.4 Å². The third-order valence-corrected chi connectivity index (χ3v) is 5.91. The molecule has 0 saturated carbocycles. The fourth-order valence-electron chi connectivity index (χ4n) is 4.28. The second-order valence-electron chi connectivity index (χ2n) is 9.81. The fraction of sp³-hybridized carbons (Fsp3) is 0.370. The van der Waals surface area contributed by atoms with Crippen molar-refractivity contribution in [3.63, 3.8) is 0 Å². The third kappa shape index (κ3) is 5.93. The van der Waals surface area contributed by atoms with Gasteiger partial charge in [0.1, 0.15) is 17.5 Å². The lowest BCUT2D eigenvalue weighted by Gasteiger charge is -2.24. The van der Waals surface area contributed by atoms with E-state index < -0.39 is 11.6 Å². The molecule has 2 heterocycles. The molecule has 4 rings (SSSR count). The van der Waals surface area contributed by atoms with Gasteiger partial charge < -0.3 is 24.5 Å². The van der Waals surface area contributed by atoms with E-state index in [1.165, 1.54) is 0 Å². The van der Waals surface area contributed by atoms with Crippen LogP contribution in [0.4, 0.5) is 4.79 Å². The Morgan fingerprint density at radius 3 is 2.60 bits per heavy atom. The van der Waals surface area contributed by atoms with Gasteiger partial charge in [0, 0.05) is 30.1 Å². The second kappa shape index (κ2) is 9.71. The summed E-state index contributed by atoms with van der Waals surface area (Å²) < 4.78 is 11.5. The molecule has 2 aromatic carbocycles. The van der Waals surface area contributed by atoms with Crippen molar-refractivity contribution in [3.8, 4) is 11.8 Å². The van der Waals surface area contributed by atoms with Crippen molar-refractivity contribution in [2.45, 2.75) is 51.2 Å². The standard InChI is InChI=1S/C27H29N3O5/c1-27(2,3)35-26(33)30-11-10-21(16-30)34-20-8-6-18(7-9-20)22(14-25(31)32)24-13-19-5-4-17(15-28)12-23(19)29-24/h4-9,12-13,21-22,29H,10-11,14,16H2,1-3H3,(H,31,32)/t21-,22?/m0/s1. The number of ether oxygens (including phenoxy) is 2. The highest BCUT2D eigenvalue weighted by Crippen LogP contribution is 2.32. The van der Waals surface area contributed by atoms with Crippen LogP contribution in [0.15, 0.2) is 48.5 Å². The lowest BCUT2D eigenvalue weighted by Crippen LogP contribution is -2.36. The van der Waals surface area contributed by atoms with Crippen LogP contribution < -0.4 is 4.74 Å². The highest BCUT2D eigenvalue weighted by molar-refractivity contribution is 5.82. The molecule has 8 heteroatoms. The van der Waals surface area contributed by atoms with E-state index in [9.17, 15) is 14.7 Å². The number of aliphatic carboxylic acids is 1. The number of carboxylic acids is 1. The number of carboxylic acid groups (broad SMARTS) is 1. The molecule has 8 nitrogen and oxygen atoms in total. The molecule has 1 fully saturated rings. The molecule has 0 spiro atoms. The average molecular weight is 476 g/mol. The number of rotatable bonds is 6. The monoisotopic (exact) mass is 475 g/mol. The van der Waals surface area contributed by atoms with Gasteiger partial charge in [0.15, 0.2) is 0 Å². The van der Waals surface area contributed by atoms with Gasteiger partial charge in [0.05, 0.1) is 24.6 Å². The topological polar surface area (TPSA) is 116 Å². The molecule has 0 radical (unpaired) electrons. The summed E-state index contributed by atoms with van der Waals surface area (Å²) in [5.74, 6) is -0.623. The first-order valence-electron chi connectivity index (χ1n) is 11.6. The summed E-state index contributed by atoms with van der Waals surface area (Å²) in [7, 11) is 0. The Bertz CT molecular complexity index is 1270. The Labute approximate surface area is 204 Å². The van der Waals surface area contributed by atoms with Gasteiger partial charge in [-0.15, -0.1) is 0 Å². The average Bonchev–Trinajstić information content (AvgIpc) is 3.43. The number of aromatic nitrogens is 1. The minimum absolute atomic E-state index is 0.0778. The van der Waals surface area contributed by atoms with E-state index in [1.807, 2.05) is 57.2 Å². The number of H-pyrrole nitrogens is 1. The molecule has 2 N–H and O–H groups in total. The zero-order chi connectivity index (χ0) is 25.2. The van der Waals surface area contributed by atoms with E-state index in [4.69, 9.17) is 14.7 Å². The summed E-state index contributed by atoms with van der Waals surface area (Å²) in [6.45, 7) is 6.55. The SMILES string of the molecule is CC(C)(C)OC(=O)N1CC[C@H](Oc2ccc(C(CC(=O)O)c3cc4ccc(C#N)cc4[nH]3)cc2)C1. The van der Waals surface area contributed by atoms with Crippen LogP contribution in [0.25, 0.3) is 10.9 Å². The lowest BCUT2D eigenvalue weighted by atomic mass is 9.92. The Balaban J connectivity index is 1.46. The molecular formula is C27H29N3O5. The predicted octanol–water partition coefficient (Wildman–Crippen LogP) is 5.03. The van der Waals surface area contributed by atoms with E-state index in [-0.39, 0.29) is 24.5 Å². The first kappa shape index (κ1) is 24.1. The molecule has 1 unspecified atom stereocenters. The Hall–Kier alpha value is -3.99. The van der Waals surface area contributed by atoms with E-state index in [1.54, 1.807) is 17.0 Å². The third-order valence-electron chi connectivity index (χ3n) is 5.91. The van der Waals surface area contributed by atoms with Gasteiger partial charge in [-0.25, -0.2) is 4.79 Å². The molecule has 35 heavy (non-hydrogen) atoms. The summed E-state index contributed by atoms with van der Waals surface area (Å²) in [4.78, 5) is 28.8. The summed E-state index contributed by atoms with van der Waals surface area (Å²) in [6, 6.07) is 16.8. The van der Waals surface area contributed by atoms with Crippen LogP contribution in [0, 0.1) is 11.3 Å². The van der Waals surface area contributed by atoms with E-state index >= 15 is 0 Å². The van der Waals surface area contributed by atoms with Gasteiger partial charge in [-0.3, -0.25) is 4.79 Å². The van der Waals surface area contributed by atoms with Gasteiger partial charge in [-0.05, 0) is 62.1 Å². The van der Waals surface area contributed by atoms with Crippen molar-refractivity contribution in [1.29, 1.82) is 5.26 Å². The number of carbonyl (C=O) groups excluding carboxylic acids is 1. The number of carbonyl (C=O) groups is 2. The Kier molecular flexibility index (Phi) is 6.70. The summed E-state index contributed by atoms with van der Waals surface area (Å²) in [6.07, 6.45) is 0.162. The predicted molar refractivity (Wildman–Crippen MR) is 130 cm³/mol. The van der Waals surface area contributed by atoms with E-state index in [0.717, 1.165) is 22.2 Å². The van der Waals surface area contributed by atoms with Crippen molar-refractivity contribution in [1.82, 2.24) is 9.88 Å². The minimum atomic E-state index is -0.903. The Morgan fingerprint density at radius 2 is 1.94 bits per heavy atom. The van der Waals surface area contributed by atoms with Gasteiger partial charge in [0.2, 0.25) is 0 Å². The van der Waals surface area contributed by atoms with Crippen molar-refractivity contribution < 1.29 is 24.2 Å². The number of benzene rings is 2. The molecular weight excluding hydrogens is 446 g/mol. The molecule has 2 atom stereocenters. The quantitative estimate of drug-likeness (QED) is 0.516. The van der Waals surface area contributed by atoms with Crippen LogP contribution in [0.3, 0.4) is 0 Å². The van der Waals surface area contributed by atoms with Crippen molar-refractivity contribution in [2.24, 2.45) is 0 Å². The van der Waals surface area contributed by atoms with Gasteiger partial charge in [-0.2, -0.15) is 5.26 Å². The number of aromatic amines is 1. The molecule has 1 amide bonds. The number of hydrogen-bond donors (Lipinski definition) is 2. The molecule has 1 aliphatic heterocycles. The molecule has 3 aromatic rings. The number of amides is 1. The normalized spacial score (nSPS) is 16.6. The fourth-order valence-corrected chi connectivity index (χ4v) is 4.28. The molecule has 0 bridgehead atoms. The number of likely N-dealkylation sites (tertiary alicyclic amines) is 1. The zero-order valence-electron chi connectivity index (χ0n) is 20.1. The Morgan fingerprint density at radius 1 is 1.20 bits per heavy atom.